The smallest absolute Gasteiger partial charge is 0.337 e. The minimum atomic E-state index is -1.95. The molecule has 20 heavy (non-hydrogen) atoms. The van der Waals surface area contributed by atoms with Crippen LogP contribution in [-0.2, 0) is 4.79 Å². The van der Waals surface area contributed by atoms with Crippen LogP contribution in [0.4, 0.5) is 4.79 Å². The molecule has 0 heterocycles. The van der Waals surface area contributed by atoms with Gasteiger partial charge < -0.3 is 20.8 Å². The summed E-state index contributed by atoms with van der Waals surface area (Å²) in [7, 11) is 0. The minimum Gasteiger partial charge on any atom is -0.479 e. The highest BCUT2D eigenvalue weighted by Crippen LogP contribution is 2.22. The molecule has 1 atom stereocenters. The maximum absolute atomic E-state index is 11.6. The highest BCUT2D eigenvalue weighted by molar-refractivity contribution is 5.79. The van der Waals surface area contributed by atoms with Gasteiger partial charge in [-0.2, -0.15) is 0 Å². The predicted octanol–water partition coefficient (Wildman–Crippen LogP) is 1.73. The zero-order valence-electron chi connectivity index (χ0n) is 13.0. The van der Waals surface area contributed by atoms with E-state index in [0.717, 1.165) is 26.2 Å². The summed E-state index contributed by atoms with van der Waals surface area (Å²) in [6.07, 6.45) is 4.49. The molecular weight excluding hydrogens is 260 g/mol. The number of carboxylic acids is 1. The van der Waals surface area contributed by atoms with Crippen molar-refractivity contribution >= 4 is 12.0 Å². The third-order valence-corrected chi connectivity index (χ3v) is 3.24. The normalized spacial score (nSPS) is 14.4. The van der Waals surface area contributed by atoms with Crippen LogP contribution in [0.2, 0.25) is 0 Å². The van der Waals surface area contributed by atoms with Crippen LogP contribution in [0.15, 0.2) is 0 Å². The molecule has 2 amide bonds. The first kappa shape index (κ1) is 18.7. The van der Waals surface area contributed by atoms with Crippen molar-refractivity contribution in [1.82, 2.24) is 10.6 Å². The molecule has 0 aromatic carbocycles. The summed E-state index contributed by atoms with van der Waals surface area (Å²) in [6.45, 7) is 7.63. The molecule has 0 aliphatic carbocycles. The Morgan fingerprint density at radius 2 is 1.60 bits per heavy atom. The van der Waals surface area contributed by atoms with E-state index < -0.39 is 17.6 Å². The number of carbonyl (C=O) groups is 2. The van der Waals surface area contributed by atoms with E-state index in [1.165, 1.54) is 6.42 Å². The van der Waals surface area contributed by atoms with Crippen molar-refractivity contribution in [2.75, 3.05) is 13.1 Å². The largest absolute Gasteiger partial charge is 0.479 e. The first-order chi connectivity index (χ1) is 9.10. The van der Waals surface area contributed by atoms with Crippen LogP contribution in [0.3, 0.4) is 0 Å². The second-order valence-electron chi connectivity index (χ2n) is 6.24. The van der Waals surface area contributed by atoms with E-state index in [1.54, 1.807) is 0 Å². The molecule has 0 aliphatic heterocycles. The van der Waals surface area contributed by atoms with Crippen molar-refractivity contribution < 1.29 is 19.8 Å². The van der Waals surface area contributed by atoms with Gasteiger partial charge in [0.15, 0.2) is 5.60 Å². The van der Waals surface area contributed by atoms with E-state index in [-0.39, 0.29) is 12.0 Å². The molecule has 0 aliphatic rings. The molecule has 0 bridgehead atoms. The van der Waals surface area contributed by atoms with Gasteiger partial charge in [0.25, 0.3) is 0 Å². The Morgan fingerprint density at radius 3 is 2.10 bits per heavy atom. The van der Waals surface area contributed by atoms with Crippen LogP contribution in [-0.4, -0.2) is 40.9 Å². The van der Waals surface area contributed by atoms with Crippen molar-refractivity contribution in [3.05, 3.63) is 0 Å². The van der Waals surface area contributed by atoms with E-state index in [2.05, 4.69) is 31.4 Å². The summed E-state index contributed by atoms with van der Waals surface area (Å²) >= 11 is 0. The van der Waals surface area contributed by atoms with Crippen LogP contribution in [0.1, 0.15) is 53.4 Å². The van der Waals surface area contributed by atoms with E-state index in [1.807, 2.05) is 0 Å². The average molecular weight is 288 g/mol. The maximum Gasteiger partial charge on any atom is 0.337 e. The Bertz CT molecular complexity index is 327. The molecule has 4 N–H and O–H groups in total. The second kappa shape index (κ2) is 8.09. The Balaban J connectivity index is 4.01. The SMILES string of the molecule is CCCCCC(C)(C)CNC(=O)NCC(C)(O)C(=O)O. The molecule has 1 unspecified atom stereocenters. The number of amides is 2. The number of carbonyl (C=O) groups excluding carboxylic acids is 1. The van der Waals surface area contributed by atoms with Gasteiger partial charge in [-0.05, 0) is 18.8 Å². The fraction of sp³-hybridized carbons (Fsp3) is 0.857. The second-order valence-corrected chi connectivity index (χ2v) is 6.24. The molecule has 118 valence electrons. The highest BCUT2D eigenvalue weighted by atomic mass is 16.4. The summed E-state index contributed by atoms with van der Waals surface area (Å²) in [6, 6.07) is -0.463. The van der Waals surface area contributed by atoms with Gasteiger partial charge in [-0.25, -0.2) is 9.59 Å². The van der Waals surface area contributed by atoms with Gasteiger partial charge in [0.05, 0.1) is 6.54 Å². The lowest BCUT2D eigenvalue weighted by Crippen LogP contribution is -2.50. The van der Waals surface area contributed by atoms with Crippen LogP contribution in [0.5, 0.6) is 0 Å². The van der Waals surface area contributed by atoms with Gasteiger partial charge >= 0.3 is 12.0 Å². The Labute approximate surface area is 120 Å². The minimum absolute atomic E-state index is 0.00181. The molecule has 0 saturated heterocycles. The molecule has 0 aromatic rings. The van der Waals surface area contributed by atoms with Gasteiger partial charge in [-0.3, -0.25) is 0 Å². The fourth-order valence-corrected chi connectivity index (χ4v) is 1.65. The number of hydrogen-bond acceptors (Lipinski definition) is 3. The summed E-state index contributed by atoms with van der Waals surface area (Å²) in [5.74, 6) is -1.36. The average Bonchev–Trinajstić information content (AvgIpc) is 2.34. The quantitative estimate of drug-likeness (QED) is 0.486. The van der Waals surface area contributed by atoms with Crippen LogP contribution in [0.25, 0.3) is 0 Å². The zero-order chi connectivity index (χ0) is 15.8. The zero-order valence-corrected chi connectivity index (χ0v) is 13.0. The molecular formula is C14H28N2O4. The van der Waals surface area contributed by atoms with Crippen molar-refractivity contribution in [3.63, 3.8) is 0 Å². The standard InChI is InChI=1S/C14H28N2O4/c1-5-6-7-8-13(2,3)9-15-12(19)16-10-14(4,20)11(17)18/h20H,5-10H2,1-4H3,(H,17,18)(H2,15,16,19). The number of urea groups is 1. The first-order valence-corrected chi connectivity index (χ1v) is 7.08. The van der Waals surface area contributed by atoms with Crippen molar-refractivity contribution in [2.45, 2.75) is 59.0 Å². The number of aliphatic hydroxyl groups is 1. The predicted molar refractivity (Wildman–Crippen MR) is 77.6 cm³/mol. The van der Waals surface area contributed by atoms with Gasteiger partial charge in [-0.15, -0.1) is 0 Å². The van der Waals surface area contributed by atoms with E-state index in [9.17, 15) is 14.7 Å². The third kappa shape index (κ3) is 7.99. The van der Waals surface area contributed by atoms with Crippen molar-refractivity contribution in [3.8, 4) is 0 Å². The Hall–Kier alpha value is -1.30. The number of hydrogen-bond donors (Lipinski definition) is 4. The van der Waals surface area contributed by atoms with Crippen LogP contribution in [0, 0.1) is 5.41 Å². The van der Waals surface area contributed by atoms with Crippen LogP contribution >= 0.6 is 0 Å². The topological polar surface area (TPSA) is 98.7 Å². The molecule has 0 aromatic heterocycles. The lowest BCUT2D eigenvalue weighted by molar-refractivity contribution is -0.155. The third-order valence-electron chi connectivity index (χ3n) is 3.24. The molecule has 0 radical (unpaired) electrons. The Morgan fingerprint density at radius 1 is 1.05 bits per heavy atom. The summed E-state index contributed by atoms with van der Waals surface area (Å²) in [5, 5.41) is 23.3. The van der Waals surface area contributed by atoms with Gasteiger partial charge in [0.1, 0.15) is 0 Å². The number of aliphatic carboxylic acids is 1. The van der Waals surface area contributed by atoms with Crippen LogP contribution < -0.4 is 10.6 Å². The van der Waals surface area contributed by atoms with E-state index in [4.69, 9.17) is 5.11 Å². The summed E-state index contributed by atoms with van der Waals surface area (Å²) in [4.78, 5) is 22.2. The van der Waals surface area contributed by atoms with Gasteiger partial charge in [-0.1, -0.05) is 40.0 Å². The highest BCUT2D eigenvalue weighted by Gasteiger charge is 2.30. The van der Waals surface area contributed by atoms with Crippen molar-refractivity contribution in [1.29, 1.82) is 0 Å². The number of nitrogens with one attached hydrogen (secondary N) is 2. The molecule has 0 rings (SSSR count). The molecule has 6 nitrogen and oxygen atoms in total. The molecule has 0 saturated carbocycles. The lowest BCUT2D eigenvalue weighted by Gasteiger charge is -2.25. The van der Waals surface area contributed by atoms with E-state index in [0.29, 0.717) is 6.54 Å². The maximum atomic E-state index is 11.6. The monoisotopic (exact) mass is 288 g/mol. The van der Waals surface area contributed by atoms with Gasteiger partial charge in [0, 0.05) is 6.54 Å². The number of rotatable bonds is 9. The lowest BCUT2D eigenvalue weighted by atomic mass is 9.87. The summed E-state index contributed by atoms with van der Waals surface area (Å²) < 4.78 is 0. The Kier molecular flexibility index (Phi) is 7.57. The molecule has 6 heteroatoms. The molecule has 0 spiro atoms. The van der Waals surface area contributed by atoms with E-state index >= 15 is 0 Å². The summed E-state index contributed by atoms with van der Waals surface area (Å²) in [5.41, 5.74) is -1.95. The van der Waals surface area contributed by atoms with Crippen molar-refractivity contribution in [2.24, 2.45) is 5.41 Å². The first-order valence-electron chi connectivity index (χ1n) is 7.08. The number of carboxylic acid groups (broad SMARTS) is 1. The van der Waals surface area contributed by atoms with Gasteiger partial charge in [0.2, 0.25) is 0 Å². The number of unbranched alkanes of at least 4 members (excludes halogenated alkanes) is 2. The molecule has 0 fully saturated rings. The fourth-order valence-electron chi connectivity index (χ4n) is 1.65.